The minimum Gasteiger partial charge on any atom is -0.477 e. The van der Waals surface area contributed by atoms with Gasteiger partial charge in [0.25, 0.3) is 0 Å². The topological polar surface area (TPSA) is 83.9 Å². The summed E-state index contributed by atoms with van der Waals surface area (Å²) >= 11 is 1.25. The fourth-order valence-electron chi connectivity index (χ4n) is 3.26. The van der Waals surface area contributed by atoms with E-state index < -0.39 is 14.3 Å². The largest absolute Gasteiger partial charge is 0.477 e. The average Bonchev–Trinajstić information content (AvgIpc) is 2.71. The molecule has 0 saturated carbocycles. The zero-order valence-corrected chi connectivity index (χ0v) is 16.3. The Balaban J connectivity index is 2.21. The van der Waals surface area contributed by atoms with Crippen molar-refractivity contribution in [1.29, 1.82) is 0 Å². The van der Waals surface area contributed by atoms with Crippen LogP contribution >= 0.6 is 11.8 Å². The average molecular weight is 370 g/mol. The van der Waals surface area contributed by atoms with Crippen LogP contribution in [0.25, 0.3) is 0 Å². The van der Waals surface area contributed by atoms with Crippen LogP contribution in [0.15, 0.2) is 21.6 Å². The van der Waals surface area contributed by atoms with E-state index in [0.717, 1.165) is 0 Å². The van der Waals surface area contributed by atoms with Crippen molar-refractivity contribution >= 4 is 38.2 Å². The van der Waals surface area contributed by atoms with E-state index in [2.05, 4.69) is 19.6 Å². The van der Waals surface area contributed by atoms with Crippen LogP contribution in [0.5, 0.6) is 0 Å². The second-order valence-electron chi connectivity index (χ2n) is 7.03. The lowest BCUT2D eigenvalue weighted by Crippen LogP contribution is -2.63. The van der Waals surface area contributed by atoms with E-state index >= 15 is 0 Å². The lowest BCUT2D eigenvalue weighted by atomic mass is 9.83. The number of carboxylic acids is 1. The van der Waals surface area contributed by atoms with E-state index in [-0.39, 0.29) is 29.7 Å². The lowest BCUT2D eigenvalue weighted by Gasteiger charge is -2.46. The number of carboxylic acid groups (broad SMARTS) is 1. The third kappa shape index (κ3) is 3.65. The quantitative estimate of drug-likeness (QED) is 0.321. The summed E-state index contributed by atoms with van der Waals surface area (Å²) in [6.07, 6.45) is 2.33. The molecule has 1 amide bonds. The van der Waals surface area contributed by atoms with E-state index in [0.29, 0.717) is 22.5 Å². The number of amides is 1. The Kier molecular flexibility index (Phi) is 5.41. The molecule has 0 bridgehead atoms. The monoisotopic (exact) mass is 369 g/mol. The Hall–Kier alpha value is -1.38. The molecule has 0 aliphatic carbocycles. The van der Waals surface area contributed by atoms with Crippen molar-refractivity contribution in [3.05, 3.63) is 21.6 Å². The zero-order chi connectivity index (χ0) is 18.2. The molecule has 3 atom stereocenters. The van der Waals surface area contributed by atoms with Crippen molar-refractivity contribution < 1.29 is 23.9 Å². The molecule has 6 nitrogen and oxygen atoms in total. The summed E-state index contributed by atoms with van der Waals surface area (Å²) in [7, 11) is -1.79. The Bertz CT molecular complexity index is 637. The predicted octanol–water partition coefficient (Wildman–Crippen LogP) is 2.59. The van der Waals surface area contributed by atoms with Gasteiger partial charge in [-0.3, -0.25) is 9.59 Å². The number of aldehydes is 1. The van der Waals surface area contributed by atoms with Crippen LogP contribution in [0.2, 0.25) is 19.6 Å². The molecule has 24 heavy (non-hydrogen) atoms. The maximum absolute atomic E-state index is 12.5. The standard InChI is InChI=1S/C16H23NO5SSi/c1-9(6-7-18)23-12-8-11-13(10(2)22-24(3,4)5)15(19)17(11)14(12)16(20)21/h6-7,10-11,13H,8H2,1-5H3,(H,20,21)/b9-6+/t10-,11+,13-/m0/s1. The maximum atomic E-state index is 12.5. The first-order valence-corrected chi connectivity index (χ1v) is 12.1. The van der Waals surface area contributed by atoms with Crippen molar-refractivity contribution in [2.75, 3.05) is 0 Å². The third-order valence-corrected chi connectivity index (χ3v) is 6.15. The van der Waals surface area contributed by atoms with Crippen molar-refractivity contribution in [3.63, 3.8) is 0 Å². The van der Waals surface area contributed by atoms with Crippen LogP contribution in [0.4, 0.5) is 0 Å². The van der Waals surface area contributed by atoms with Crippen LogP contribution in [-0.4, -0.2) is 48.6 Å². The van der Waals surface area contributed by atoms with E-state index in [4.69, 9.17) is 4.43 Å². The van der Waals surface area contributed by atoms with Crippen LogP contribution in [0.3, 0.4) is 0 Å². The molecule has 0 aromatic heterocycles. The molecule has 2 aliphatic heterocycles. The molecule has 2 heterocycles. The molecule has 0 aromatic rings. The fourth-order valence-corrected chi connectivity index (χ4v) is 5.57. The van der Waals surface area contributed by atoms with Gasteiger partial charge < -0.3 is 14.4 Å². The number of allylic oxidation sites excluding steroid dienone is 2. The first-order chi connectivity index (χ1) is 11.1. The van der Waals surface area contributed by atoms with Gasteiger partial charge in [-0.1, -0.05) is 11.8 Å². The molecule has 132 valence electrons. The van der Waals surface area contributed by atoms with Gasteiger partial charge in [0.05, 0.1) is 18.1 Å². The van der Waals surface area contributed by atoms with Crippen molar-refractivity contribution in [3.8, 4) is 0 Å². The first-order valence-electron chi connectivity index (χ1n) is 7.84. The van der Waals surface area contributed by atoms with Gasteiger partial charge in [0.15, 0.2) is 8.32 Å². The van der Waals surface area contributed by atoms with Crippen LogP contribution in [0.1, 0.15) is 20.3 Å². The molecule has 0 aromatic carbocycles. The van der Waals surface area contributed by atoms with Crippen LogP contribution < -0.4 is 0 Å². The fraction of sp³-hybridized carbons (Fsp3) is 0.562. The van der Waals surface area contributed by atoms with E-state index in [1.807, 2.05) is 6.92 Å². The molecule has 2 rings (SSSR count). The number of β-lactam (4-membered cyclic amide) rings is 1. The van der Waals surface area contributed by atoms with Gasteiger partial charge in [0.1, 0.15) is 12.0 Å². The van der Waals surface area contributed by atoms with Gasteiger partial charge in [-0.05, 0) is 44.5 Å². The second-order valence-corrected chi connectivity index (χ2v) is 12.8. The zero-order valence-electron chi connectivity index (χ0n) is 14.5. The van der Waals surface area contributed by atoms with Gasteiger partial charge in [0, 0.05) is 11.3 Å². The summed E-state index contributed by atoms with van der Waals surface area (Å²) in [6.45, 7) is 9.83. The van der Waals surface area contributed by atoms with Crippen molar-refractivity contribution in [1.82, 2.24) is 4.90 Å². The Labute approximate surface area is 147 Å². The smallest absolute Gasteiger partial charge is 0.353 e. The molecule has 0 radical (unpaired) electrons. The molecular formula is C16H23NO5SSi. The van der Waals surface area contributed by atoms with Crippen molar-refractivity contribution in [2.45, 2.75) is 52.1 Å². The van der Waals surface area contributed by atoms with Crippen molar-refractivity contribution in [2.24, 2.45) is 5.92 Å². The predicted molar refractivity (Wildman–Crippen MR) is 94.7 cm³/mol. The Morgan fingerprint density at radius 2 is 2.08 bits per heavy atom. The molecule has 1 saturated heterocycles. The number of hydrogen-bond acceptors (Lipinski definition) is 5. The van der Waals surface area contributed by atoms with E-state index in [9.17, 15) is 19.5 Å². The highest BCUT2D eigenvalue weighted by Gasteiger charge is 2.57. The Morgan fingerprint density at radius 3 is 2.58 bits per heavy atom. The lowest BCUT2D eigenvalue weighted by molar-refractivity contribution is -0.160. The highest BCUT2D eigenvalue weighted by atomic mass is 32.2. The summed E-state index contributed by atoms with van der Waals surface area (Å²) in [5.74, 6) is -1.60. The third-order valence-electron chi connectivity index (χ3n) is 4.00. The van der Waals surface area contributed by atoms with Gasteiger partial charge in [-0.2, -0.15) is 0 Å². The van der Waals surface area contributed by atoms with Gasteiger partial charge >= 0.3 is 5.97 Å². The minimum atomic E-state index is -1.79. The number of aliphatic carboxylic acids is 1. The highest BCUT2D eigenvalue weighted by molar-refractivity contribution is 8.06. The molecular weight excluding hydrogens is 346 g/mol. The molecule has 1 N–H and O–H groups in total. The number of thioether (sulfide) groups is 1. The SMILES string of the molecule is C/C(=C\C=O)SC1=C(C(=O)O)N2C(=O)[C@@H]([C@H](C)O[Si](C)(C)C)[C@H]2C1. The van der Waals surface area contributed by atoms with E-state index in [1.54, 1.807) is 6.92 Å². The van der Waals surface area contributed by atoms with E-state index in [1.165, 1.54) is 22.7 Å². The maximum Gasteiger partial charge on any atom is 0.353 e. The van der Waals surface area contributed by atoms with Crippen LogP contribution in [-0.2, 0) is 18.8 Å². The number of carbonyl (C=O) groups is 3. The molecule has 1 fully saturated rings. The number of fused-ring (bicyclic) bond motifs is 1. The highest BCUT2D eigenvalue weighted by Crippen LogP contribution is 2.49. The van der Waals surface area contributed by atoms with Crippen LogP contribution in [0, 0.1) is 5.92 Å². The molecule has 0 spiro atoms. The molecule has 2 aliphatic rings. The minimum absolute atomic E-state index is 0.0464. The van der Waals surface area contributed by atoms with Gasteiger partial charge in [-0.15, -0.1) is 0 Å². The molecule has 0 unspecified atom stereocenters. The number of hydrogen-bond donors (Lipinski definition) is 1. The normalized spacial score (nSPS) is 25.5. The second kappa shape index (κ2) is 6.85. The van der Waals surface area contributed by atoms with Gasteiger partial charge in [-0.25, -0.2) is 4.79 Å². The number of rotatable bonds is 7. The molecule has 8 heteroatoms. The Morgan fingerprint density at radius 1 is 1.46 bits per heavy atom. The number of nitrogens with zero attached hydrogens (tertiary/aromatic N) is 1. The first kappa shape index (κ1) is 18.9. The summed E-state index contributed by atoms with van der Waals surface area (Å²) < 4.78 is 6.03. The number of carbonyl (C=O) groups excluding carboxylic acids is 2. The summed E-state index contributed by atoms with van der Waals surface area (Å²) in [5, 5.41) is 9.50. The summed E-state index contributed by atoms with van der Waals surface area (Å²) in [6, 6.07) is -0.165. The summed E-state index contributed by atoms with van der Waals surface area (Å²) in [4.78, 5) is 37.4. The summed E-state index contributed by atoms with van der Waals surface area (Å²) in [5.41, 5.74) is 0.0464. The van der Waals surface area contributed by atoms with Gasteiger partial charge in [0.2, 0.25) is 5.91 Å².